The number of aromatic nitrogens is 2. The maximum atomic E-state index is 12.5. The van der Waals surface area contributed by atoms with Gasteiger partial charge in [0.05, 0.1) is 12.1 Å². The predicted molar refractivity (Wildman–Crippen MR) is 86.6 cm³/mol. The second-order valence-electron chi connectivity index (χ2n) is 5.12. The van der Waals surface area contributed by atoms with Crippen molar-refractivity contribution in [3.05, 3.63) is 45.5 Å². The van der Waals surface area contributed by atoms with Gasteiger partial charge in [0, 0.05) is 24.2 Å². The number of rotatable bonds is 6. The number of halogens is 1. The SMILES string of the molecule is COC(C)c1noc(CN(C)C(=O)c2cc(Br)cc(C(=O)O)c2)n1. The van der Waals surface area contributed by atoms with Crippen LogP contribution < -0.4 is 0 Å². The summed E-state index contributed by atoms with van der Waals surface area (Å²) in [6, 6.07) is 4.30. The highest BCUT2D eigenvalue weighted by atomic mass is 79.9. The van der Waals surface area contributed by atoms with Gasteiger partial charge >= 0.3 is 5.97 Å². The van der Waals surface area contributed by atoms with Gasteiger partial charge in [-0.2, -0.15) is 4.98 Å². The lowest BCUT2D eigenvalue weighted by molar-refractivity contribution is 0.0696. The maximum Gasteiger partial charge on any atom is 0.335 e. The molecule has 0 aliphatic rings. The van der Waals surface area contributed by atoms with Crippen LogP contribution in [0.5, 0.6) is 0 Å². The minimum Gasteiger partial charge on any atom is -0.478 e. The summed E-state index contributed by atoms with van der Waals surface area (Å²) < 4.78 is 10.7. The van der Waals surface area contributed by atoms with E-state index in [4.69, 9.17) is 14.4 Å². The fourth-order valence-electron chi connectivity index (χ4n) is 1.93. The molecule has 1 aromatic heterocycles. The van der Waals surface area contributed by atoms with Crippen molar-refractivity contribution in [3.8, 4) is 0 Å². The lowest BCUT2D eigenvalue weighted by atomic mass is 10.1. The average Bonchev–Trinajstić information content (AvgIpc) is 3.01. The Balaban J connectivity index is 2.15. The van der Waals surface area contributed by atoms with Crippen LogP contribution in [0.4, 0.5) is 0 Å². The topological polar surface area (TPSA) is 106 Å². The Labute approximate surface area is 146 Å². The highest BCUT2D eigenvalue weighted by molar-refractivity contribution is 9.10. The van der Waals surface area contributed by atoms with Crippen molar-refractivity contribution in [2.75, 3.05) is 14.2 Å². The fourth-order valence-corrected chi connectivity index (χ4v) is 2.43. The molecule has 2 aromatic rings. The molecule has 2 rings (SSSR count). The largest absolute Gasteiger partial charge is 0.478 e. The number of carboxylic acid groups (broad SMARTS) is 1. The third kappa shape index (κ3) is 4.18. The van der Waals surface area contributed by atoms with E-state index in [0.717, 1.165) is 0 Å². The molecular formula is C15H16BrN3O5. The molecule has 0 spiro atoms. The lowest BCUT2D eigenvalue weighted by Crippen LogP contribution is -2.26. The molecule has 0 aliphatic carbocycles. The van der Waals surface area contributed by atoms with Crippen molar-refractivity contribution in [1.82, 2.24) is 15.0 Å². The zero-order valence-corrected chi connectivity index (χ0v) is 14.9. The number of amides is 1. The molecule has 1 aromatic carbocycles. The van der Waals surface area contributed by atoms with E-state index in [2.05, 4.69) is 26.1 Å². The molecule has 0 aliphatic heterocycles. The van der Waals surface area contributed by atoms with Gasteiger partial charge in [-0.05, 0) is 25.1 Å². The quantitative estimate of drug-likeness (QED) is 0.797. The van der Waals surface area contributed by atoms with Crippen LogP contribution in [0, 0.1) is 0 Å². The van der Waals surface area contributed by atoms with Crippen molar-refractivity contribution in [3.63, 3.8) is 0 Å². The number of carbonyl (C=O) groups is 2. The Bertz CT molecular complexity index is 761. The fraction of sp³-hybridized carbons (Fsp3) is 0.333. The second-order valence-corrected chi connectivity index (χ2v) is 6.03. The summed E-state index contributed by atoms with van der Waals surface area (Å²) in [4.78, 5) is 29.1. The van der Waals surface area contributed by atoms with E-state index in [1.165, 1.54) is 24.1 Å². The van der Waals surface area contributed by atoms with Gasteiger partial charge in [0.1, 0.15) is 6.10 Å². The minimum atomic E-state index is -1.11. The van der Waals surface area contributed by atoms with E-state index in [-0.39, 0.29) is 35.6 Å². The van der Waals surface area contributed by atoms with Crippen molar-refractivity contribution in [2.45, 2.75) is 19.6 Å². The highest BCUT2D eigenvalue weighted by Gasteiger charge is 2.19. The van der Waals surface area contributed by atoms with Crippen LogP contribution in [0.25, 0.3) is 0 Å². The van der Waals surface area contributed by atoms with Crippen molar-refractivity contribution >= 4 is 27.8 Å². The first-order valence-corrected chi connectivity index (χ1v) is 7.75. The van der Waals surface area contributed by atoms with Crippen molar-refractivity contribution in [1.29, 1.82) is 0 Å². The Kier molecular flexibility index (Phi) is 5.68. The summed E-state index contributed by atoms with van der Waals surface area (Å²) in [5.74, 6) is -0.816. The van der Waals surface area contributed by atoms with Gasteiger partial charge in [-0.25, -0.2) is 4.79 Å². The minimum absolute atomic E-state index is 0.0233. The number of carbonyl (C=O) groups excluding carboxylic acids is 1. The molecule has 1 amide bonds. The van der Waals surface area contributed by atoms with Crippen LogP contribution >= 0.6 is 15.9 Å². The second kappa shape index (κ2) is 7.54. The van der Waals surface area contributed by atoms with Gasteiger partial charge in [0.2, 0.25) is 5.89 Å². The molecule has 9 heteroatoms. The maximum absolute atomic E-state index is 12.5. The average molecular weight is 398 g/mol. The number of aromatic carboxylic acids is 1. The number of carboxylic acids is 1. The van der Waals surface area contributed by atoms with Gasteiger partial charge in [0.25, 0.3) is 5.91 Å². The summed E-state index contributed by atoms with van der Waals surface area (Å²) in [5.41, 5.74) is 0.268. The Morgan fingerprint density at radius 1 is 1.38 bits per heavy atom. The van der Waals surface area contributed by atoms with E-state index in [1.807, 2.05) is 0 Å². The normalized spacial score (nSPS) is 12.0. The van der Waals surface area contributed by atoms with Crippen LogP contribution in [-0.4, -0.2) is 46.2 Å². The van der Waals surface area contributed by atoms with Gasteiger partial charge in [-0.1, -0.05) is 21.1 Å². The molecule has 0 radical (unpaired) electrons. The summed E-state index contributed by atoms with van der Waals surface area (Å²) in [6.07, 6.45) is -0.313. The molecule has 0 fully saturated rings. The molecule has 1 atom stereocenters. The zero-order valence-electron chi connectivity index (χ0n) is 13.3. The Hall–Kier alpha value is -2.26. The monoisotopic (exact) mass is 397 g/mol. The summed E-state index contributed by atoms with van der Waals surface area (Å²) >= 11 is 3.20. The smallest absolute Gasteiger partial charge is 0.335 e. The van der Waals surface area contributed by atoms with E-state index >= 15 is 0 Å². The lowest BCUT2D eigenvalue weighted by Gasteiger charge is -2.15. The van der Waals surface area contributed by atoms with Gasteiger partial charge in [-0.15, -0.1) is 0 Å². The Morgan fingerprint density at radius 3 is 2.67 bits per heavy atom. The summed E-state index contributed by atoms with van der Waals surface area (Å²) in [7, 11) is 3.09. The van der Waals surface area contributed by atoms with Crippen LogP contribution in [0.1, 0.15) is 45.5 Å². The van der Waals surface area contributed by atoms with Crippen LogP contribution in [-0.2, 0) is 11.3 Å². The van der Waals surface area contributed by atoms with Crippen molar-refractivity contribution < 1.29 is 24.0 Å². The first-order chi connectivity index (χ1) is 11.3. The highest BCUT2D eigenvalue weighted by Crippen LogP contribution is 2.18. The zero-order chi connectivity index (χ0) is 17.9. The first-order valence-electron chi connectivity index (χ1n) is 6.96. The van der Waals surface area contributed by atoms with E-state index in [9.17, 15) is 9.59 Å². The third-order valence-electron chi connectivity index (χ3n) is 3.31. The number of ether oxygens (including phenoxy) is 1. The third-order valence-corrected chi connectivity index (χ3v) is 3.77. The van der Waals surface area contributed by atoms with Crippen LogP contribution in [0.2, 0.25) is 0 Å². The van der Waals surface area contributed by atoms with Gasteiger partial charge in [0.15, 0.2) is 5.82 Å². The van der Waals surface area contributed by atoms with E-state index in [0.29, 0.717) is 10.3 Å². The number of hydrogen-bond acceptors (Lipinski definition) is 6. The van der Waals surface area contributed by atoms with E-state index < -0.39 is 5.97 Å². The number of methoxy groups -OCH3 is 1. The first kappa shape index (κ1) is 18.1. The molecule has 128 valence electrons. The standard InChI is InChI=1S/C15H16BrN3O5/c1-8(23-3)13-17-12(24-18-13)7-19(2)14(20)9-4-10(15(21)22)6-11(16)5-9/h4-6,8H,7H2,1-3H3,(H,21,22). The molecule has 0 saturated carbocycles. The molecular weight excluding hydrogens is 382 g/mol. The summed E-state index contributed by atoms with van der Waals surface area (Å²) in [5, 5.41) is 12.9. The summed E-state index contributed by atoms with van der Waals surface area (Å²) in [6.45, 7) is 1.87. The number of benzene rings is 1. The number of nitrogens with zero attached hydrogens (tertiary/aromatic N) is 3. The van der Waals surface area contributed by atoms with Crippen LogP contribution in [0.3, 0.4) is 0 Å². The molecule has 1 heterocycles. The van der Waals surface area contributed by atoms with Gasteiger partial charge < -0.3 is 19.3 Å². The molecule has 8 nitrogen and oxygen atoms in total. The predicted octanol–water partition coefficient (Wildman–Crippen LogP) is 2.51. The van der Waals surface area contributed by atoms with Crippen LogP contribution in [0.15, 0.2) is 27.2 Å². The van der Waals surface area contributed by atoms with E-state index in [1.54, 1.807) is 20.0 Å². The molecule has 24 heavy (non-hydrogen) atoms. The molecule has 1 unspecified atom stereocenters. The molecule has 0 saturated heterocycles. The van der Waals surface area contributed by atoms with Crippen molar-refractivity contribution in [2.24, 2.45) is 0 Å². The Morgan fingerprint density at radius 2 is 2.04 bits per heavy atom. The van der Waals surface area contributed by atoms with Gasteiger partial charge in [-0.3, -0.25) is 4.79 Å². The molecule has 0 bridgehead atoms. The number of hydrogen-bond donors (Lipinski definition) is 1. The molecule has 1 N–H and O–H groups in total.